The Labute approximate surface area is 244 Å². The number of aromatic amines is 1. The number of rotatable bonds is 12. The number of allylic oxidation sites excluding steroid dienone is 1. The number of hydrogen-bond acceptors (Lipinski definition) is 13. The summed E-state index contributed by atoms with van der Waals surface area (Å²) < 4.78 is 17.9. The van der Waals surface area contributed by atoms with E-state index in [-0.39, 0.29) is 47.0 Å². The smallest absolute Gasteiger partial charge is 0.336 e. The van der Waals surface area contributed by atoms with Crippen LogP contribution in [0.2, 0.25) is 10.0 Å². The summed E-state index contributed by atoms with van der Waals surface area (Å²) in [5.41, 5.74) is 7.09. The van der Waals surface area contributed by atoms with Gasteiger partial charge in [0, 0.05) is 12.2 Å². The van der Waals surface area contributed by atoms with Gasteiger partial charge in [0.25, 0.3) is 0 Å². The van der Waals surface area contributed by atoms with E-state index in [1.807, 2.05) is 0 Å². The van der Waals surface area contributed by atoms with Gasteiger partial charge in [-0.3, -0.25) is 0 Å². The molecule has 0 aliphatic carbocycles. The van der Waals surface area contributed by atoms with E-state index >= 15 is 0 Å². The van der Waals surface area contributed by atoms with Crippen LogP contribution in [0.4, 0.5) is 11.9 Å². The Morgan fingerprint density at radius 2 is 2.00 bits per heavy atom. The monoisotopic (exact) mass is 606 g/mol. The third kappa shape index (κ3) is 6.75. The van der Waals surface area contributed by atoms with Crippen LogP contribution in [-0.4, -0.2) is 74.2 Å². The number of anilines is 2. The Bertz CT molecular complexity index is 1480. The number of dihydropyridines is 1. The van der Waals surface area contributed by atoms with E-state index in [1.165, 1.54) is 7.11 Å². The Morgan fingerprint density at radius 1 is 1.20 bits per heavy atom. The fraction of sp³-hybridized carbons (Fsp3) is 0.375. The van der Waals surface area contributed by atoms with Gasteiger partial charge in [0.1, 0.15) is 6.61 Å². The molecule has 0 radical (unpaired) electrons. The van der Waals surface area contributed by atoms with Gasteiger partial charge in [0.05, 0.1) is 59.7 Å². The third-order valence-electron chi connectivity index (χ3n) is 6.04. The van der Waals surface area contributed by atoms with Gasteiger partial charge in [-0.1, -0.05) is 35.3 Å². The van der Waals surface area contributed by atoms with Crippen LogP contribution in [0.15, 0.2) is 40.7 Å². The second-order valence-corrected chi connectivity index (χ2v) is 9.41. The molecule has 5 N–H and O–H groups in total. The van der Waals surface area contributed by atoms with Crippen molar-refractivity contribution in [2.24, 2.45) is 0 Å². The van der Waals surface area contributed by atoms with Crippen LogP contribution in [0, 0.1) is 0 Å². The molecule has 0 amide bonds. The van der Waals surface area contributed by atoms with Crippen molar-refractivity contribution in [2.75, 3.05) is 37.9 Å². The van der Waals surface area contributed by atoms with Crippen molar-refractivity contribution in [2.45, 2.75) is 32.9 Å². The lowest BCUT2D eigenvalue weighted by Crippen LogP contribution is -2.35. The molecule has 1 atom stereocenters. The molecule has 3 aromatic rings. The summed E-state index contributed by atoms with van der Waals surface area (Å²) in [7, 11) is 1.26. The van der Waals surface area contributed by atoms with Gasteiger partial charge in [-0.05, 0) is 35.9 Å². The minimum Gasteiger partial charge on any atom is -0.466 e. The highest BCUT2D eigenvalue weighted by Gasteiger charge is 2.40. The molecular formula is C24H28Cl2N10O5. The van der Waals surface area contributed by atoms with E-state index < -0.39 is 17.9 Å². The molecule has 4 rings (SSSR count). The number of tetrazole rings is 1. The van der Waals surface area contributed by atoms with Crippen LogP contribution < -0.4 is 16.4 Å². The maximum atomic E-state index is 13.3. The number of halogens is 2. The second-order valence-electron chi connectivity index (χ2n) is 8.62. The molecule has 0 saturated heterocycles. The van der Waals surface area contributed by atoms with Gasteiger partial charge < -0.3 is 30.6 Å². The van der Waals surface area contributed by atoms with Crippen molar-refractivity contribution in [1.29, 1.82) is 0 Å². The first kappa shape index (κ1) is 29.8. The van der Waals surface area contributed by atoms with Gasteiger partial charge in [-0.25, -0.2) is 19.4 Å². The summed E-state index contributed by atoms with van der Waals surface area (Å²) in [6.07, 6.45) is 0. The number of benzene rings is 1. The number of methoxy groups -OCH3 is 1. The number of carbonyl (C=O) groups excluding carboxylic acids is 2. The molecule has 1 aliphatic heterocycles. The zero-order valence-corrected chi connectivity index (χ0v) is 23.9. The fourth-order valence-electron chi connectivity index (χ4n) is 4.27. The lowest BCUT2D eigenvalue weighted by Gasteiger charge is -2.31. The number of nitrogens with one attached hydrogen (secondary N) is 3. The number of carbonyl (C=O) groups is 2. The minimum atomic E-state index is -0.936. The van der Waals surface area contributed by atoms with Crippen molar-refractivity contribution in [3.63, 3.8) is 0 Å². The topological polar surface area (TPSA) is 197 Å². The van der Waals surface area contributed by atoms with Crippen LogP contribution in [0.25, 0.3) is 0 Å². The predicted octanol–water partition coefficient (Wildman–Crippen LogP) is 1.96. The van der Waals surface area contributed by atoms with Crippen LogP contribution in [0.3, 0.4) is 0 Å². The van der Waals surface area contributed by atoms with Crippen molar-refractivity contribution < 1.29 is 23.8 Å². The average molecular weight is 607 g/mol. The summed E-state index contributed by atoms with van der Waals surface area (Å²) in [6.45, 7) is 4.23. The van der Waals surface area contributed by atoms with E-state index in [4.69, 9.17) is 43.1 Å². The molecule has 1 aliphatic rings. The zero-order valence-electron chi connectivity index (χ0n) is 22.4. The first-order valence-corrected chi connectivity index (χ1v) is 13.1. The van der Waals surface area contributed by atoms with Crippen LogP contribution in [-0.2, 0) is 37.0 Å². The predicted molar refractivity (Wildman–Crippen MR) is 147 cm³/mol. The van der Waals surface area contributed by atoms with Crippen LogP contribution in [0.1, 0.15) is 31.2 Å². The Balaban J connectivity index is 1.58. The highest BCUT2D eigenvalue weighted by molar-refractivity contribution is 6.42. The highest BCUT2D eigenvalue weighted by Crippen LogP contribution is 2.43. The maximum absolute atomic E-state index is 13.3. The Kier molecular flexibility index (Phi) is 9.75. The van der Waals surface area contributed by atoms with Gasteiger partial charge in [0.2, 0.25) is 11.9 Å². The van der Waals surface area contributed by atoms with Crippen molar-refractivity contribution >= 4 is 47.0 Å². The molecule has 15 nitrogen and oxygen atoms in total. The summed E-state index contributed by atoms with van der Waals surface area (Å²) in [5, 5.41) is 24.7. The van der Waals surface area contributed by atoms with Gasteiger partial charge in [-0.15, -0.1) is 10.2 Å². The number of H-pyrrole nitrogens is 1. The Hall–Kier alpha value is -4.21. The number of aromatic nitrogens is 7. The number of nitrogen functional groups attached to an aromatic ring is 1. The molecule has 41 heavy (non-hydrogen) atoms. The van der Waals surface area contributed by atoms with E-state index in [1.54, 1.807) is 36.7 Å². The number of nitrogens with zero attached hydrogens (tertiary/aromatic N) is 6. The van der Waals surface area contributed by atoms with Gasteiger partial charge in [-0.2, -0.15) is 4.98 Å². The van der Waals surface area contributed by atoms with E-state index in [2.05, 4.69) is 41.3 Å². The second kappa shape index (κ2) is 13.4. The molecule has 0 spiro atoms. The van der Waals surface area contributed by atoms with Crippen molar-refractivity contribution in [3.8, 4) is 0 Å². The van der Waals surface area contributed by atoms with Crippen LogP contribution >= 0.6 is 23.2 Å². The molecule has 17 heteroatoms. The molecule has 2 aromatic heterocycles. The van der Waals surface area contributed by atoms with Gasteiger partial charge in [0.15, 0.2) is 5.82 Å². The van der Waals surface area contributed by atoms with E-state index in [0.717, 1.165) is 0 Å². The van der Waals surface area contributed by atoms with Gasteiger partial charge >= 0.3 is 11.9 Å². The normalized spacial score (nSPS) is 15.1. The molecule has 1 aromatic carbocycles. The summed E-state index contributed by atoms with van der Waals surface area (Å²) >= 11 is 12.9. The fourth-order valence-corrected chi connectivity index (χ4v) is 4.69. The number of hydrogen-bond donors (Lipinski definition) is 4. The number of ether oxygens (including phenoxy) is 3. The lowest BCUT2D eigenvalue weighted by atomic mass is 9.80. The van der Waals surface area contributed by atoms with Crippen LogP contribution in [0.5, 0.6) is 0 Å². The molecule has 218 valence electrons. The standard InChI is InChI=1S/C24H28Cl2N10O5/c1-4-41-22(38)19-15(10-40-11-16-31-34-35-36(16)9-8-28-24-30-23(27)32-33-24)29-12(2)17(21(37)39-3)18(19)13-6-5-7-14(25)20(13)26/h5-7,18,29H,4,8-11H2,1-3H3,(H4,27,28,30,32,33). The van der Waals surface area contributed by atoms with Crippen molar-refractivity contribution in [3.05, 3.63) is 62.2 Å². The quantitative estimate of drug-likeness (QED) is 0.218. The zero-order chi connectivity index (χ0) is 29.5. The van der Waals surface area contributed by atoms with Crippen molar-refractivity contribution in [1.82, 2.24) is 40.7 Å². The van der Waals surface area contributed by atoms with E-state index in [9.17, 15) is 9.59 Å². The molecule has 3 heterocycles. The molecule has 1 unspecified atom stereocenters. The molecule has 0 bridgehead atoms. The number of nitrogens with two attached hydrogens (primary N) is 1. The first-order valence-electron chi connectivity index (χ1n) is 12.4. The molecule has 0 saturated carbocycles. The summed E-state index contributed by atoms with van der Waals surface area (Å²) in [6, 6.07) is 4.98. The maximum Gasteiger partial charge on any atom is 0.336 e. The Morgan fingerprint density at radius 3 is 2.71 bits per heavy atom. The first-order chi connectivity index (χ1) is 19.7. The number of esters is 2. The molecule has 0 fully saturated rings. The molecular weight excluding hydrogens is 579 g/mol. The lowest BCUT2D eigenvalue weighted by molar-refractivity contribution is -0.139. The summed E-state index contributed by atoms with van der Waals surface area (Å²) in [5.74, 6) is -1.25. The highest BCUT2D eigenvalue weighted by atomic mass is 35.5. The largest absolute Gasteiger partial charge is 0.466 e. The SMILES string of the molecule is CCOC(=O)C1=C(COCc2nnnn2CCNc2nc(N)n[nH]2)NC(C)=C(C(=O)OC)C1c1cccc(Cl)c1Cl. The third-order valence-corrected chi connectivity index (χ3v) is 6.87. The minimum absolute atomic E-state index is 0.0126. The average Bonchev–Trinajstić information content (AvgIpc) is 3.58. The van der Waals surface area contributed by atoms with E-state index in [0.29, 0.717) is 41.8 Å². The summed E-state index contributed by atoms with van der Waals surface area (Å²) in [4.78, 5) is 30.2.